The molecule has 1 aromatic carbocycles. The van der Waals surface area contributed by atoms with Crippen LogP contribution in [0.25, 0.3) is 0 Å². The lowest BCUT2D eigenvalue weighted by Crippen LogP contribution is -2.00. The molecule has 0 aliphatic rings. The first kappa shape index (κ1) is 14.3. The van der Waals surface area contributed by atoms with Gasteiger partial charge in [-0.3, -0.25) is 0 Å². The van der Waals surface area contributed by atoms with Crippen LogP contribution in [0.5, 0.6) is 5.75 Å². The molecule has 1 aromatic heterocycles. The monoisotopic (exact) mass is 344 g/mol. The van der Waals surface area contributed by atoms with Gasteiger partial charge in [0, 0.05) is 4.47 Å². The Balaban J connectivity index is 2.10. The second-order valence-corrected chi connectivity index (χ2v) is 5.53. The van der Waals surface area contributed by atoms with Gasteiger partial charge in [-0.1, -0.05) is 29.8 Å². The van der Waals surface area contributed by atoms with Crippen molar-refractivity contribution in [3.8, 4) is 5.75 Å². The van der Waals surface area contributed by atoms with E-state index in [1.807, 2.05) is 12.1 Å². The third kappa shape index (κ3) is 3.70. The number of aromatic nitrogens is 2. The lowest BCUT2D eigenvalue weighted by Gasteiger charge is -2.13. The second kappa shape index (κ2) is 6.39. The Morgan fingerprint density at radius 1 is 1.32 bits per heavy atom. The van der Waals surface area contributed by atoms with Crippen molar-refractivity contribution in [1.82, 2.24) is 10.2 Å². The molecular weight excluding hydrogens is 332 g/mol. The topological polar surface area (TPSA) is 48.2 Å². The fourth-order valence-corrected chi connectivity index (χ4v) is 2.13. The van der Waals surface area contributed by atoms with Crippen LogP contribution in [-0.4, -0.2) is 10.2 Å². The van der Waals surface area contributed by atoms with Crippen LogP contribution in [0.4, 0.5) is 0 Å². The second-order valence-electron chi connectivity index (χ2n) is 4.35. The van der Waals surface area contributed by atoms with Crippen LogP contribution < -0.4 is 4.74 Å². The minimum absolute atomic E-state index is 0.211. The van der Waals surface area contributed by atoms with Crippen LogP contribution in [0.3, 0.4) is 0 Å². The molecule has 0 fully saturated rings. The summed E-state index contributed by atoms with van der Waals surface area (Å²) in [6, 6.07) is 5.93. The minimum atomic E-state index is 0.211. The van der Waals surface area contributed by atoms with Gasteiger partial charge in [-0.15, -0.1) is 21.8 Å². The summed E-state index contributed by atoms with van der Waals surface area (Å²) in [6.45, 7) is 4.48. The summed E-state index contributed by atoms with van der Waals surface area (Å²) in [4.78, 5) is 0. The smallest absolute Gasteiger partial charge is 0.253 e. The van der Waals surface area contributed by atoms with Crippen molar-refractivity contribution in [3.63, 3.8) is 0 Å². The van der Waals surface area contributed by atoms with E-state index in [0.29, 0.717) is 17.7 Å². The molecule has 102 valence electrons. The van der Waals surface area contributed by atoms with Gasteiger partial charge in [0.15, 0.2) is 6.61 Å². The largest absolute Gasteiger partial charge is 0.484 e. The zero-order chi connectivity index (χ0) is 13.8. The zero-order valence-corrected chi connectivity index (χ0v) is 13.0. The van der Waals surface area contributed by atoms with E-state index in [4.69, 9.17) is 20.8 Å². The van der Waals surface area contributed by atoms with Gasteiger partial charge in [0.1, 0.15) is 11.6 Å². The first-order chi connectivity index (χ1) is 9.10. The fraction of sp³-hybridized carbons (Fsp3) is 0.385. The van der Waals surface area contributed by atoms with E-state index in [0.717, 1.165) is 15.8 Å². The number of hydrogen-bond donors (Lipinski definition) is 0. The average molecular weight is 346 g/mol. The maximum absolute atomic E-state index is 5.74. The molecule has 0 bridgehead atoms. The van der Waals surface area contributed by atoms with Crippen molar-refractivity contribution in [2.45, 2.75) is 32.3 Å². The van der Waals surface area contributed by atoms with Crippen LogP contribution in [0, 0.1) is 0 Å². The van der Waals surface area contributed by atoms with Gasteiger partial charge in [0.2, 0.25) is 5.89 Å². The van der Waals surface area contributed by atoms with E-state index in [1.54, 1.807) is 0 Å². The maximum Gasteiger partial charge on any atom is 0.253 e. The molecule has 0 spiro atoms. The normalized spacial score (nSPS) is 11.0. The van der Waals surface area contributed by atoms with Crippen LogP contribution in [0.1, 0.15) is 37.1 Å². The summed E-state index contributed by atoms with van der Waals surface area (Å²) in [5.41, 5.74) is 1.13. The molecule has 6 heteroatoms. The lowest BCUT2D eigenvalue weighted by atomic mass is 10.0. The molecule has 0 N–H and O–H groups in total. The molecular formula is C13H14BrClN2O2. The fourth-order valence-electron chi connectivity index (χ4n) is 1.64. The molecule has 0 atom stereocenters. The number of alkyl halides is 1. The molecule has 4 nitrogen and oxygen atoms in total. The summed E-state index contributed by atoms with van der Waals surface area (Å²) in [6.07, 6.45) is 0. The number of ether oxygens (including phenoxy) is 1. The predicted octanol–water partition coefficient (Wildman–Crippen LogP) is 4.27. The van der Waals surface area contributed by atoms with Crippen LogP contribution in [0.15, 0.2) is 27.1 Å². The van der Waals surface area contributed by atoms with Crippen molar-refractivity contribution in [2.24, 2.45) is 0 Å². The number of halogens is 2. The first-order valence-electron chi connectivity index (χ1n) is 5.89. The van der Waals surface area contributed by atoms with Crippen molar-refractivity contribution in [3.05, 3.63) is 40.0 Å². The van der Waals surface area contributed by atoms with E-state index in [9.17, 15) is 0 Å². The number of hydrogen-bond acceptors (Lipinski definition) is 4. The third-order valence-corrected chi connectivity index (χ3v) is 3.29. The van der Waals surface area contributed by atoms with Gasteiger partial charge >= 0.3 is 0 Å². The van der Waals surface area contributed by atoms with E-state index in [-0.39, 0.29) is 12.5 Å². The third-order valence-electron chi connectivity index (χ3n) is 2.57. The van der Waals surface area contributed by atoms with E-state index in [1.165, 1.54) is 0 Å². The van der Waals surface area contributed by atoms with Crippen LogP contribution >= 0.6 is 27.5 Å². The quantitative estimate of drug-likeness (QED) is 0.759. The number of nitrogens with zero attached hydrogens (tertiary/aromatic N) is 2. The summed E-state index contributed by atoms with van der Waals surface area (Å²) in [7, 11) is 0. The highest BCUT2D eigenvalue weighted by Crippen LogP contribution is 2.30. The summed E-state index contributed by atoms with van der Waals surface area (Å²) < 4.78 is 12.1. The summed E-state index contributed by atoms with van der Waals surface area (Å²) in [5.74, 6) is 2.23. The number of benzene rings is 1. The Kier molecular flexibility index (Phi) is 4.82. The van der Waals surface area contributed by atoms with Gasteiger partial charge in [-0.25, -0.2) is 0 Å². The first-order valence-corrected chi connectivity index (χ1v) is 7.22. The average Bonchev–Trinajstić information content (AvgIpc) is 2.85. The summed E-state index contributed by atoms with van der Waals surface area (Å²) >= 11 is 9.06. The molecule has 2 aromatic rings. The van der Waals surface area contributed by atoms with Crippen LogP contribution in [-0.2, 0) is 12.5 Å². The Hall–Kier alpha value is -1.07. The molecule has 19 heavy (non-hydrogen) atoms. The minimum Gasteiger partial charge on any atom is -0.484 e. The maximum atomic E-state index is 5.74. The molecule has 2 rings (SSSR count). The van der Waals surface area contributed by atoms with Crippen molar-refractivity contribution >= 4 is 27.5 Å². The zero-order valence-electron chi connectivity index (χ0n) is 10.7. The molecule has 1 heterocycles. The van der Waals surface area contributed by atoms with Gasteiger partial charge < -0.3 is 9.15 Å². The molecule has 0 saturated heterocycles. The standard InChI is InChI=1S/C13H14BrClN2O2/c1-8(2)10-5-9(14)3-4-11(10)18-7-13-17-16-12(6-15)19-13/h3-5,8H,6-7H2,1-2H3. The Labute approximate surface area is 125 Å². The highest BCUT2D eigenvalue weighted by Gasteiger charge is 2.11. The van der Waals surface area contributed by atoms with Crippen molar-refractivity contribution in [1.29, 1.82) is 0 Å². The van der Waals surface area contributed by atoms with Crippen molar-refractivity contribution < 1.29 is 9.15 Å². The Bertz CT molecular complexity index is 557. The van der Waals surface area contributed by atoms with E-state index < -0.39 is 0 Å². The Morgan fingerprint density at radius 2 is 2.05 bits per heavy atom. The lowest BCUT2D eigenvalue weighted by molar-refractivity contribution is 0.257. The molecule has 0 unspecified atom stereocenters. The molecule has 0 radical (unpaired) electrons. The van der Waals surface area contributed by atoms with Gasteiger partial charge in [0.25, 0.3) is 5.89 Å². The van der Waals surface area contributed by atoms with Crippen molar-refractivity contribution in [2.75, 3.05) is 0 Å². The van der Waals surface area contributed by atoms with Crippen LogP contribution in [0.2, 0.25) is 0 Å². The van der Waals surface area contributed by atoms with Gasteiger partial charge in [-0.2, -0.15) is 0 Å². The molecule has 0 aliphatic carbocycles. The highest BCUT2D eigenvalue weighted by atomic mass is 79.9. The van der Waals surface area contributed by atoms with E-state index >= 15 is 0 Å². The Morgan fingerprint density at radius 3 is 2.68 bits per heavy atom. The molecule has 0 saturated carbocycles. The van der Waals surface area contributed by atoms with Gasteiger partial charge in [0.05, 0.1) is 0 Å². The number of rotatable bonds is 5. The van der Waals surface area contributed by atoms with E-state index in [2.05, 4.69) is 46.0 Å². The SMILES string of the molecule is CC(C)c1cc(Br)ccc1OCc1nnc(CCl)o1. The highest BCUT2D eigenvalue weighted by molar-refractivity contribution is 9.10. The molecule has 0 aliphatic heterocycles. The van der Waals surface area contributed by atoms with Gasteiger partial charge in [-0.05, 0) is 29.7 Å². The summed E-state index contributed by atoms with van der Waals surface area (Å²) in [5, 5.41) is 7.64. The molecule has 0 amide bonds. The predicted molar refractivity (Wildman–Crippen MR) is 76.4 cm³/mol.